The van der Waals surface area contributed by atoms with E-state index in [0.717, 1.165) is 6.07 Å². The van der Waals surface area contributed by atoms with Gasteiger partial charge in [0.25, 0.3) is 0 Å². The maximum absolute atomic E-state index is 11.0. The lowest BCUT2D eigenvalue weighted by atomic mass is 10.2. The van der Waals surface area contributed by atoms with E-state index in [2.05, 4.69) is 0 Å². The number of ether oxygens (including phenoxy) is 2. The molecule has 1 heterocycles. The van der Waals surface area contributed by atoms with Gasteiger partial charge in [0, 0.05) is 0 Å². The third kappa shape index (κ3) is 2.34. The molecule has 0 saturated heterocycles. The van der Waals surface area contributed by atoms with Crippen LogP contribution in [0, 0.1) is 20.2 Å². The molecule has 9 heteroatoms. The van der Waals surface area contributed by atoms with Gasteiger partial charge in [-0.25, -0.2) is 0 Å². The van der Waals surface area contributed by atoms with Crippen molar-refractivity contribution >= 4 is 17.1 Å². The van der Waals surface area contributed by atoms with Crippen molar-refractivity contribution in [1.29, 1.82) is 0 Å². The average Bonchev–Trinajstić information content (AvgIpc) is 2.29. The van der Waals surface area contributed by atoms with Gasteiger partial charge in [0.05, 0.1) is 29.1 Å². The largest absolute Gasteiger partial charge is 0.489 e. The molecule has 0 spiro atoms. The Morgan fingerprint density at radius 1 is 1.11 bits per heavy atom. The molecule has 19 heavy (non-hydrogen) atoms. The maximum atomic E-state index is 11.0. The minimum atomic E-state index is -0.799. The summed E-state index contributed by atoms with van der Waals surface area (Å²) in [5, 5.41) is 21.9. The fraction of sp³-hybridized carbons (Fsp3) is 0.400. The van der Waals surface area contributed by atoms with Crippen molar-refractivity contribution in [3.8, 4) is 11.5 Å². The zero-order valence-corrected chi connectivity index (χ0v) is 9.83. The van der Waals surface area contributed by atoms with Gasteiger partial charge in [0.2, 0.25) is 5.75 Å². The zero-order chi connectivity index (χ0) is 14.0. The van der Waals surface area contributed by atoms with Crippen LogP contribution in [0.2, 0.25) is 0 Å². The number of benzene rings is 1. The molecule has 2 N–H and O–H groups in total. The summed E-state index contributed by atoms with van der Waals surface area (Å²) >= 11 is 0. The van der Waals surface area contributed by atoms with E-state index < -0.39 is 26.9 Å². The van der Waals surface area contributed by atoms with Gasteiger partial charge in [-0.1, -0.05) is 0 Å². The summed E-state index contributed by atoms with van der Waals surface area (Å²) < 4.78 is 10.5. The minimum Gasteiger partial charge on any atom is -0.489 e. The summed E-state index contributed by atoms with van der Waals surface area (Å²) in [5.41, 5.74) is 3.77. The molecule has 102 valence electrons. The molecule has 9 nitrogen and oxygen atoms in total. The van der Waals surface area contributed by atoms with Crippen molar-refractivity contribution < 1.29 is 19.3 Å². The number of hydrogen-bond donors (Lipinski definition) is 1. The van der Waals surface area contributed by atoms with Crippen LogP contribution in [0.1, 0.15) is 12.8 Å². The summed E-state index contributed by atoms with van der Waals surface area (Å²) in [7, 11) is 0. The zero-order valence-electron chi connectivity index (χ0n) is 9.83. The number of fused-ring (bicyclic) bond motifs is 1. The number of anilines is 1. The smallest absolute Gasteiger partial charge is 0.344 e. The molecular weight excluding hydrogens is 258 g/mol. The Kier molecular flexibility index (Phi) is 3.36. The Bertz CT molecular complexity index is 545. The van der Waals surface area contributed by atoms with Gasteiger partial charge in [0.15, 0.2) is 11.4 Å². The standard InChI is InChI=1S/C10H11N3O6/c11-8-6(12(14)15)5-7-10(9(8)13(16)17)19-4-2-1-3-18-7/h5H,1-4,11H2. The average molecular weight is 269 g/mol. The number of nitro groups is 2. The van der Waals surface area contributed by atoms with E-state index in [1.807, 2.05) is 0 Å². The first-order valence-corrected chi connectivity index (χ1v) is 5.53. The summed E-state index contributed by atoms with van der Waals surface area (Å²) in [6.45, 7) is 0.586. The molecule has 0 bridgehead atoms. The van der Waals surface area contributed by atoms with Gasteiger partial charge in [-0.2, -0.15) is 0 Å². The fourth-order valence-corrected chi connectivity index (χ4v) is 1.77. The Morgan fingerprint density at radius 2 is 1.74 bits per heavy atom. The van der Waals surface area contributed by atoms with Crippen LogP contribution in [-0.2, 0) is 0 Å². The molecule has 1 aromatic carbocycles. The van der Waals surface area contributed by atoms with Crippen molar-refractivity contribution in [3.63, 3.8) is 0 Å². The predicted molar refractivity (Wildman–Crippen MR) is 64.4 cm³/mol. The minimum absolute atomic E-state index is 0.0210. The molecular formula is C10H11N3O6. The summed E-state index contributed by atoms with van der Waals surface area (Å²) in [6, 6.07) is 1.06. The first-order valence-electron chi connectivity index (χ1n) is 5.53. The highest BCUT2D eigenvalue weighted by Crippen LogP contribution is 2.47. The van der Waals surface area contributed by atoms with Crippen molar-refractivity contribution in [3.05, 3.63) is 26.3 Å². The molecule has 1 aliphatic rings. The topological polar surface area (TPSA) is 131 Å². The van der Waals surface area contributed by atoms with Crippen LogP contribution in [0.25, 0.3) is 0 Å². The molecule has 0 fully saturated rings. The molecule has 0 unspecified atom stereocenters. The van der Waals surface area contributed by atoms with Crippen LogP contribution >= 0.6 is 0 Å². The summed E-state index contributed by atoms with van der Waals surface area (Å²) in [6.07, 6.45) is 1.37. The van der Waals surface area contributed by atoms with E-state index in [-0.39, 0.29) is 18.1 Å². The van der Waals surface area contributed by atoms with E-state index in [1.54, 1.807) is 0 Å². The van der Waals surface area contributed by atoms with Gasteiger partial charge in [-0.3, -0.25) is 20.2 Å². The van der Waals surface area contributed by atoms with Crippen LogP contribution in [-0.4, -0.2) is 23.1 Å². The third-order valence-corrected chi connectivity index (χ3v) is 2.66. The highest BCUT2D eigenvalue weighted by atomic mass is 16.6. The van der Waals surface area contributed by atoms with Crippen LogP contribution in [0.4, 0.5) is 17.1 Å². The second-order valence-corrected chi connectivity index (χ2v) is 3.90. The Balaban J connectivity index is 2.67. The number of nitrogen functional groups attached to an aromatic ring is 1. The SMILES string of the molecule is Nc1c([N+](=O)[O-])cc2c(c1[N+](=O)[O-])OCCCCO2. The van der Waals surface area contributed by atoms with E-state index >= 15 is 0 Å². The van der Waals surface area contributed by atoms with Crippen LogP contribution in [0.3, 0.4) is 0 Å². The second kappa shape index (κ2) is 4.96. The van der Waals surface area contributed by atoms with Crippen molar-refractivity contribution in [2.75, 3.05) is 18.9 Å². The van der Waals surface area contributed by atoms with Crippen molar-refractivity contribution in [1.82, 2.24) is 0 Å². The highest BCUT2D eigenvalue weighted by molar-refractivity contribution is 5.79. The highest BCUT2D eigenvalue weighted by Gasteiger charge is 2.33. The van der Waals surface area contributed by atoms with Crippen molar-refractivity contribution in [2.45, 2.75) is 12.8 Å². The molecule has 2 rings (SSSR count). The molecule has 0 radical (unpaired) electrons. The fourth-order valence-electron chi connectivity index (χ4n) is 1.77. The molecule has 0 atom stereocenters. The van der Waals surface area contributed by atoms with Crippen molar-refractivity contribution in [2.24, 2.45) is 0 Å². The predicted octanol–water partition coefficient (Wildman–Crippen LogP) is 1.64. The maximum Gasteiger partial charge on any atom is 0.344 e. The van der Waals surface area contributed by atoms with Crippen LogP contribution < -0.4 is 15.2 Å². The number of rotatable bonds is 2. The van der Waals surface area contributed by atoms with Crippen LogP contribution in [0.15, 0.2) is 6.07 Å². The number of nitrogens with zero attached hydrogens (tertiary/aromatic N) is 2. The first-order chi connectivity index (χ1) is 9.02. The lowest BCUT2D eigenvalue weighted by molar-refractivity contribution is -0.393. The van der Waals surface area contributed by atoms with Gasteiger partial charge >= 0.3 is 11.4 Å². The van der Waals surface area contributed by atoms with Gasteiger partial charge < -0.3 is 15.2 Å². The normalized spacial score (nSPS) is 14.3. The van der Waals surface area contributed by atoms with Gasteiger partial charge in [-0.15, -0.1) is 0 Å². The number of hydrogen-bond acceptors (Lipinski definition) is 7. The lowest BCUT2D eigenvalue weighted by Gasteiger charge is -2.16. The molecule has 1 aromatic rings. The summed E-state index contributed by atoms with van der Waals surface area (Å²) in [4.78, 5) is 20.3. The molecule has 0 aromatic heterocycles. The molecule has 1 aliphatic heterocycles. The Hall–Kier alpha value is -2.58. The van der Waals surface area contributed by atoms with E-state index in [1.165, 1.54) is 0 Å². The first kappa shape index (κ1) is 12.9. The second-order valence-electron chi connectivity index (χ2n) is 3.90. The summed E-state index contributed by atoms with van der Waals surface area (Å²) in [5.74, 6) is -0.167. The third-order valence-electron chi connectivity index (χ3n) is 2.66. The van der Waals surface area contributed by atoms with E-state index in [4.69, 9.17) is 15.2 Å². The number of nitro benzene ring substituents is 2. The lowest BCUT2D eigenvalue weighted by Crippen LogP contribution is -2.12. The molecule has 0 saturated carbocycles. The van der Waals surface area contributed by atoms with Gasteiger partial charge in [0.1, 0.15) is 0 Å². The molecule has 0 amide bonds. The Morgan fingerprint density at radius 3 is 2.32 bits per heavy atom. The molecule has 0 aliphatic carbocycles. The quantitative estimate of drug-likeness (QED) is 0.490. The monoisotopic (exact) mass is 269 g/mol. The van der Waals surface area contributed by atoms with Gasteiger partial charge in [-0.05, 0) is 12.8 Å². The van der Waals surface area contributed by atoms with E-state index in [9.17, 15) is 20.2 Å². The van der Waals surface area contributed by atoms with E-state index in [0.29, 0.717) is 19.4 Å². The number of nitrogens with two attached hydrogens (primary N) is 1. The van der Waals surface area contributed by atoms with Crippen LogP contribution in [0.5, 0.6) is 11.5 Å². The Labute approximate surface area is 107 Å².